The number of carbonyl (C=O) groups excluding carboxylic acids is 1. The zero-order chi connectivity index (χ0) is 19.3. The summed E-state index contributed by atoms with van der Waals surface area (Å²) in [7, 11) is 1.76. The normalized spacial score (nSPS) is 12.5. The van der Waals surface area contributed by atoms with Gasteiger partial charge in [0, 0.05) is 36.4 Å². The highest BCUT2D eigenvalue weighted by atomic mass is 35.5. The van der Waals surface area contributed by atoms with Crippen molar-refractivity contribution in [2.75, 3.05) is 25.0 Å². The minimum absolute atomic E-state index is 0.0903. The summed E-state index contributed by atoms with van der Waals surface area (Å²) < 4.78 is 38.1. The number of nitrogens with zero attached hydrogens (tertiary/aromatic N) is 1. The minimum Gasteiger partial charge on any atom is -0.389 e. The number of halogens is 4. The third kappa shape index (κ3) is 5.64. The number of hydrogen-bond acceptors (Lipinski definition) is 3. The van der Waals surface area contributed by atoms with Crippen molar-refractivity contribution in [3.05, 3.63) is 64.7 Å². The Balaban J connectivity index is 1.89. The zero-order valence-electron chi connectivity index (χ0n) is 13.9. The summed E-state index contributed by atoms with van der Waals surface area (Å²) in [5, 5.41) is 13.1. The number of alkyl halides is 3. The number of anilines is 1. The molecule has 0 aliphatic heterocycles. The Bertz CT molecular complexity index is 751. The van der Waals surface area contributed by atoms with E-state index in [2.05, 4.69) is 5.32 Å². The maximum absolute atomic E-state index is 12.7. The molecule has 0 aliphatic carbocycles. The number of aliphatic hydroxyl groups is 1. The number of likely N-dealkylation sites (N-methyl/N-ethyl adjacent to an activating group) is 1. The molecule has 140 valence electrons. The predicted molar refractivity (Wildman–Crippen MR) is 94.5 cm³/mol. The fourth-order valence-electron chi connectivity index (χ4n) is 2.33. The Labute approximate surface area is 154 Å². The van der Waals surface area contributed by atoms with Gasteiger partial charge >= 0.3 is 6.18 Å². The third-order valence-electron chi connectivity index (χ3n) is 3.70. The molecule has 2 N–H and O–H groups in total. The van der Waals surface area contributed by atoms with E-state index in [1.165, 1.54) is 12.1 Å². The number of amides is 1. The van der Waals surface area contributed by atoms with Crippen LogP contribution in [-0.4, -0.2) is 37.3 Å². The fourth-order valence-corrected chi connectivity index (χ4v) is 2.46. The SMILES string of the molecule is CN(CC(O)CNC(=O)c1cccc(C(F)(F)F)c1)c1ccc(Cl)cc1. The van der Waals surface area contributed by atoms with Crippen molar-refractivity contribution in [3.8, 4) is 0 Å². The molecule has 8 heteroatoms. The van der Waals surface area contributed by atoms with E-state index >= 15 is 0 Å². The molecular formula is C18H18ClF3N2O2. The lowest BCUT2D eigenvalue weighted by molar-refractivity contribution is -0.137. The van der Waals surface area contributed by atoms with Crippen LogP contribution in [0.3, 0.4) is 0 Å². The molecule has 0 fully saturated rings. The van der Waals surface area contributed by atoms with E-state index in [9.17, 15) is 23.1 Å². The van der Waals surface area contributed by atoms with E-state index in [-0.39, 0.29) is 18.7 Å². The van der Waals surface area contributed by atoms with E-state index in [1.807, 2.05) is 0 Å². The van der Waals surface area contributed by atoms with Crippen molar-refractivity contribution in [1.82, 2.24) is 5.32 Å². The summed E-state index contributed by atoms with van der Waals surface area (Å²) in [5.74, 6) is -0.677. The summed E-state index contributed by atoms with van der Waals surface area (Å²) in [4.78, 5) is 13.8. The molecule has 2 rings (SSSR count). The number of hydrogen-bond donors (Lipinski definition) is 2. The molecule has 0 spiro atoms. The molecule has 1 unspecified atom stereocenters. The van der Waals surface area contributed by atoms with Crippen molar-refractivity contribution in [2.24, 2.45) is 0 Å². The molecule has 0 heterocycles. The summed E-state index contributed by atoms with van der Waals surface area (Å²) in [6.07, 6.45) is -5.41. The van der Waals surface area contributed by atoms with Crippen LogP contribution >= 0.6 is 11.6 Å². The highest BCUT2D eigenvalue weighted by molar-refractivity contribution is 6.30. The average Bonchev–Trinajstić information content (AvgIpc) is 2.59. The van der Waals surface area contributed by atoms with Crippen molar-refractivity contribution >= 4 is 23.2 Å². The average molecular weight is 387 g/mol. The van der Waals surface area contributed by atoms with Gasteiger partial charge in [0.1, 0.15) is 0 Å². The Morgan fingerprint density at radius 1 is 1.23 bits per heavy atom. The van der Waals surface area contributed by atoms with Crippen molar-refractivity contribution in [1.29, 1.82) is 0 Å². The standard InChI is InChI=1S/C18H18ClF3N2O2/c1-24(15-7-5-14(19)6-8-15)11-16(25)10-23-17(26)12-3-2-4-13(9-12)18(20,21)22/h2-9,16,25H,10-11H2,1H3,(H,23,26). The first-order valence-electron chi connectivity index (χ1n) is 7.77. The van der Waals surface area contributed by atoms with Crippen LogP contribution in [0.5, 0.6) is 0 Å². The van der Waals surface area contributed by atoms with Crippen LogP contribution in [0.1, 0.15) is 15.9 Å². The lowest BCUT2D eigenvalue weighted by Crippen LogP contribution is -2.39. The van der Waals surface area contributed by atoms with E-state index in [0.29, 0.717) is 5.02 Å². The first kappa shape index (κ1) is 20.1. The van der Waals surface area contributed by atoms with E-state index in [1.54, 1.807) is 36.2 Å². The van der Waals surface area contributed by atoms with Crippen molar-refractivity contribution < 1.29 is 23.1 Å². The highest BCUT2D eigenvalue weighted by Gasteiger charge is 2.30. The largest absolute Gasteiger partial charge is 0.416 e. The molecule has 1 amide bonds. The molecule has 0 aromatic heterocycles. The highest BCUT2D eigenvalue weighted by Crippen LogP contribution is 2.29. The van der Waals surface area contributed by atoms with Gasteiger partial charge < -0.3 is 15.3 Å². The first-order valence-corrected chi connectivity index (χ1v) is 8.15. The summed E-state index contributed by atoms with van der Waals surface area (Å²) in [6, 6.07) is 11.1. The molecular weight excluding hydrogens is 369 g/mol. The monoisotopic (exact) mass is 386 g/mol. The van der Waals surface area contributed by atoms with Gasteiger partial charge in [-0.25, -0.2) is 0 Å². The van der Waals surface area contributed by atoms with Gasteiger partial charge in [0.05, 0.1) is 11.7 Å². The van der Waals surface area contributed by atoms with Crippen LogP contribution in [0.15, 0.2) is 48.5 Å². The molecule has 0 bridgehead atoms. The van der Waals surface area contributed by atoms with Crippen molar-refractivity contribution in [2.45, 2.75) is 12.3 Å². The van der Waals surface area contributed by atoms with Gasteiger partial charge in [0.2, 0.25) is 0 Å². The maximum atomic E-state index is 12.7. The summed E-state index contributed by atoms with van der Waals surface area (Å²) >= 11 is 5.82. The first-order chi connectivity index (χ1) is 12.2. The molecule has 26 heavy (non-hydrogen) atoms. The molecule has 1 atom stereocenters. The van der Waals surface area contributed by atoms with E-state index in [0.717, 1.165) is 17.8 Å². The van der Waals surface area contributed by atoms with E-state index < -0.39 is 23.8 Å². The smallest absolute Gasteiger partial charge is 0.389 e. The van der Waals surface area contributed by atoms with Gasteiger partial charge in [0.25, 0.3) is 5.91 Å². The second kappa shape index (κ2) is 8.42. The topological polar surface area (TPSA) is 52.6 Å². The molecule has 0 aliphatic rings. The van der Waals surface area contributed by atoms with Crippen LogP contribution in [0, 0.1) is 0 Å². The van der Waals surface area contributed by atoms with Crippen LogP contribution in [0.4, 0.5) is 18.9 Å². The van der Waals surface area contributed by atoms with Gasteiger partial charge in [0.15, 0.2) is 0 Å². The summed E-state index contributed by atoms with van der Waals surface area (Å²) in [6.45, 7) is 0.136. The number of benzene rings is 2. The second-order valence-corrected chi connectivity index (χ2v) is 6.24. The second-order valence-electron chi connectivity index (χ2n) is 5.80. The van der Waals surface area contributed by atoms with Gasteiger partial charge in [-0.3, -0.25) is 4.79 Å². The Morgan fingerprint density at radius 2 is 1.88 bits per heavy atom. The summed E-state index contributed by atoms with van der Waals surface area (Å²) in [5.41, 5.74) is -0.177. The number of carbonyl (C=O) groups is 1. The Kier molecular flexibility index (Phi) is 6.50. The lowest BCUT2D eigenvalue weighted by Gasteiger charge is -2.23. The molecule has 2 aromatic carbocycles. The Morgan fingerprint density at radius 3 is 2.50 bits per heavy atom. The van der Waals surface area contributed by atoms with Gasteiger partial charge in [-0.2, -0.15) is 13.2 Å². The van der Waals surface area contributed by atoms with Crippen LogP contribution < -0.4 is 10.2 Å². The number of rotatable bonds is 6. The van der Waals surface area contributed by atoms with Crippen molar-refractivity contribution in [3.63, 3.8) is 0 Å². The quantitative estimate of drug-likeness (QED) is 0.797. The van der Waals surface area contributed by atoms with Gasteiger partial charge in [-0.1, -0.05) is 17.7 Å². The Hall–Kier alpha value is -2.25. The zero-order valence-corrected chi connectivity index (χ0v) is 14.7. The fraction of sp³-hybridized carbons (Fsp3) is 0.278. The third-order valence-corrected chi connectivity index (χ3v) is 3.95. The van der Waals surface area contributed by atoms with Crippen LogP contribution in [-0.2, 0) is 6.18 Å². The van der Waals surface area contributed by atoms with Gasteiger partial charge in [-0.05, 0) is 42.5 Å². The molecule has 2 aromatic rings. The number of aliphatic hydroxyl groups excluding tert-OH is 1. The van der Waals surface area contributed by atoms with Crippen LogP contribution in [0.25, 0.3) is 0 Å². The number of nitrogens with one attached hydrogen (secondary N) is 1. The minimum atomic E-state index is -4.52. The van der Waals surface area contributed by atoms with Crippen LogP contribution in [0.2, 0.25) is 5.02 Å². The van der Waals surface area contributed by atoms with E-state index in [4.69, 9.17) is 11.6 Å². The molecule has 4 nitrogen and oxygen atoms in total. The predicted octanol–water partition coefficient (Wildman–Crippen LogP) is 3.59. The maximum Gasteiger partial charge on any atom is 0.416 e. The molecule has 0 saturated heterocycles. The molecule has 0 radical (unpaired) electrons. The lowest BCUT2D eigenvalue weighted by atomic mass is 10.1. The molecule has 0 saturated carbocycles. The van der Waals surface area contributed by atoms with Gasteiger partial charge in [-0.15, -0.1) is 0 Å².